The number of ether oxygens (including phenoxy) is 1. The van der Waals surface area contributed by atoms with E-state index in [0.29, 0.717) is 5.02 Å². The van der Waals surface area contributed by atoms with Gasteiger partial charge < -0.3 is 15.0 Å². The first-order chi connectivity index (χ1) is 11.8. The number of benzene rings is 1. The average Bonchev–Trinajstić information content (AvgIpc) is 3.07. The van der Waals surface area contributed by atoms with Gasteiger partial charge in [-0.3, -0.25) is 0 Å². The first kappa shape index (κ1) is 15.2. The van der Waals surface area contributed by atoms with Gasteiger partial charge in [0.2, 0.25) is 0 Å². The van der Waals surface area contributed by atoms with Gasteiger partial charge in [0.15, 0.2) is 0 Å². The average molecular weight is 340 g/mol. The monoisotopic (exact) mass is 339 g/mol. The van der Waals surface area contributed by atoms with Crippen LogP contribution in [0.2, 0.25) is 5.02 Å². The molecule has 3 heterocycles. The van der Waals surface area contributed by atoms with Crippen molar-refractivity contribution in [3.05, 3.63) is 53.3 Å². The van der Waals surface area contributed by atoms with Crippen LogP contribution in [0.4, 0.5) is 0 Å². The molecular formula is C19H18ClN3O. The molecule has 0 radical (unpaired) electrons. The van der Waals surface area contributed by atoms with Crippen molar-refractivity contribution in [2.45, 2.75) is 6.42 Å². The van der Waals surface area contributed by atoms with Crippen molar-refractivity contribution in [1.82, 2.24) is 15.3 Å². The number of aromatic amines is 1. The fraction of sp³-hybridized carbons (Fsp3) is 0.211. The Kier molecular flexibility index (Phi) is 4.00. The molecule has 0 fully saturated rings. The zero-order valence-corrected chi connectivity index (χ0v) is 14.2. The molecule has 0 saturated carbocycles. The standard InChI is InChI=1S/C19H18ClN3O/c1-24-18-10-13(20)2-3-15(18)14-6-9-22-19-16(14)11-17(23-19)12-4-7-21-8-5-12/h2-4,6,9-11,21H,5,7-8H2,1H3,(H,22,23). The van der Waals surface area contributed by atoms with Gasteiger partial charge in [-0.2, -0.15) is 0 Å². The molecule has 1 aromatic carbocycles. The Balaban J connectivity index is 1.87. The van der Waals surface area contributed by atoms with E-state index >= 15 is 0 Å². The van der Waals surface area contributed by atoms with Gasteiger partial charge in [-0.05, 0) is 54.4 Å². The highest BCUT2D eigenvalue weighted by Gasteiger charge is 2.15. The summed E-state index contributed by atoms with van der Waals surface area (Å²) in [4.78, 5) is 7.94. The first-order valence-electron chi connectivity index (χ1n) is 7.98. The Bertz CT molecular complexity index is 930. The van der Waals surface area contributed by atoms with Crippen LogP contribution in [0.3, 0.4) is 0 Å². The third-order valence-corrected chi connectivity index (χ3v) is 4.63. The van der Waals surface area contributed by atoms with E-state index in [1.54, 1.807) is 7.11 Å². The number of hydrogen-bond donors (Lipinski definition) is 2. The summed E-state index contributed by atoms with van der Waals surface area (Å²) in [7, 11) is 1.66. The summed E-state index contributed by atoms with van der Waals surface area (Å²) >= 11 is 6.10. The SMILES string of the molecule is COc1cc(Cl)ccc1-c1ccnc2[nH]c(C3=CCNCC3)cc12. The molecule has 122 valence electrons. The van der Waals surface area contributed by atoms with Crippen molar-refractivity contribution < 1.29 is 4.74 Å². The van der Waals surface area contributed by atoms with E-state index in [1.807, 2.05) is 30.5 Å². The predicted octanol–water partition coefficient (Wildman–Crippen LogP) is 4.27. The molecule has 0 amide bonds. The minimum absolute atomic E-state index is 0.663. The third-order valence-electron chi connectivity index (χ3n) is 4.40. The fourth-order valence-corrected chi connectivity index (χ4v) is 3.35. The Morgan fingerprint density at radius 2 is 2.08 bits per heavy atom. The molecule has 4 nitrogen and oxygen atoms in total. The number of pyridine rings is 1. The zero-order valence-electron chi connectivity index (χ0n) is 13.4. The van der Waals surface area contributed by atoms with Gasteiger partial charge in [0, 0.05) is 34.4 Å². The highest BCUT2D eigenvalue weighted by atomic mass is 35.5. The quantitative estimate of drug-likeness (QED) is 0.749. The molecule has 5 heteroatoms. The fourth-order valence-electron chi connectivity index (χ4n) is 3.19. The molecule has 1 aliphatic heterocycles. The van der Waals surface area contributed by atoms with Crippen LogP contribution < -0.4 is 10.1 Å². The minimum atomic E-state index is 0.663. The maximum atomic E-state index is 6.10. The molecule has 3 aromatic rings. The highest BCUT2D eigenvalue weighted by molar-refractivity contribution is 6.30. The molecular weight excluding hydrogens is 322 g/mol. The van der Waals surface area contributed by atoms with Gasteiger partial charge in [0.05, 0.1) is 7.11 Å². The summed E-state index contributed by atoms with van der Waals surface area (Å²) in [5, 5.41) is 5.09. The summed E-state index contributed by atoms with van der Waals surface area (Å²) in [5.41, 5.74) is 5.46. The second-order valence-electron chi connectivity index (χ2n) is 5.83. The Labute approximate surface area is 145 Å². The van der Waals surface area contributed by atoms with E-state index < -0.39 is 0 Å². The molecule has 0 spiro atoms. The topological polar surface area (TPSA) is 49.9 Å². The number of H-pyrrole nitrogens is 1. The molecule has 2 N–H and O–H groups in total. The number of rotatable bonds is 3. The lowest BCUT2D eigenvalue weighted by molar-refractivity contribution is 0.416. The molecule has 0 bridgehead atoms. The van der Waals surface area contributed by atoms with Crippen molar-refractivity contribution >= 4 is 28.2 Å². The van der Waals surface area contributed by atoms with E-state index in [2.05, 4.69) is 27.4 Å². The molecule has 4 rings (SSSR count). The van der Waals surface area contributed by atoms with E-state index in [4.69, 9.17) is 16.3 Å². The number of aromatic nitrogens is 2. The first-order valence-corrected chi connectivity index (χ1v) is 8.36. The van der Waals surface area contributed by atoms with Crippen LogP contribution in [0.1, 0.15) is 12.1 Å². The van der Waals surface area contributed by atoms with Crippen molar-refractivity contribution in [3.8, 4) is 16.9 Å². The van der Waals surface area contributed by atoms with Crippen molar-refractivity contribution in [3.63, 3.8) is 0 Å². The second kappa shape index (κ2) is 6.30. The number of methoxy groups -OCH3 is 1. The number of nitrogens with one attached hydrogen (secondary N) is 2. The van der Waals surface area contributed by atoms with Crippen LogP contribution in [-0.4, -0.2) is 30.2 Å². The number of hydrogen-bond acceptors (Lipinski definition) is 3. The van der Waals surface area contributed by atoms with Gasteiger partial charge in [0.25, 0.3) is 0 Å². The molecule has 24 heavy (non-hydrogen) atoms. The predicted molar refractivity (Wildman–Crippen MR) is 98.6 cm³/mol. The lowest BCUT2D eigenvalue weighted by Gasteiger charge is -2.12. The van der Waals surface area contributed by atoms with Crippen LogP contribution >= 0.6 is 11.6 Å². The van der Waals surface area contributed by atoms with E-state index in [9.17, 15) is 0 Å². The normalized spacial score (nSPS) is 14.7. The maximum absolute atomic E-state index is 6.10. The van der Waals surface area contributed by atoms with Crippen LogP contribution in [-0.2, 0) is 0 Å². The third kappa shape index (κ3) is 2.68. The van der Waals surface area contributed by atoms with Gasteiger partial charge in [0.1, 0.15) is 11.4 Å². The number of fused-ring (bicyclic) bond motifs is 1. The summed E-state index contributed by atoms with van der Waals surface area (Å²) in [6, 6.07) is 9.92. The van der Waals surface area contributed by atoms with Crippen LogP contribution in [0, 0.1) is 0 Å². The molecule has 2 aromatic heterocycles. The van der Waals surface area contributed by atoms with E-state index in [0.717, 1.165) is 53.1 Å². The van der Waals surface area contributed by atoms with E-state index in [1.165, 1.54) is 5.57 Å². The van der Waals surface area contributed by atoms with E-state index in [-0.39, 0.29) is 0 Å². The second-order valence-corrected chi connectivity index (χ2v) is 6.27. The molecule has 0 saturated heterocycles. The Morgan fingerprint density at radius 3 is 2.88 bits per heavy atom. The van der Waals surface area contributed by atoms with Gasteiger partial charge in [-0.15, -0.1) is 0 Å². The minimum Gasteiger partial charge on any atom is -0.496 e. The summed E-state index contributed by atoms with van der Waals surface area (Å²) < 4.78 is 5.52. The van der Waals surface area contributed by atoms with Crippen LogP contribution in [0.15, 0.2) is 42.6 Å². The van der Waals surface area contributed by atoms with Gasteiger partial charge in [-0.1, -0.05) is 17.7 Å². The number of halogens is 1. The van der Waals surface area contributed by atoms with Crippen molar-refractivity contribution in [1.29, 1.82) is 0 Å². The highest BCUT2D eigenvalue weighted by Crippen LogP contribution is 2.37. The molecule has 0 aliphatic carbocycles. The maximum Gasteiger partial charge on any atom is 0.138 e. The lowest BCUT2D eigenvalue weighted by Crippen LogP contribution is -2.20. The Hall–Kier alpha value is -2.30. The molecule has 1 aliphatic rings. The van der Waals surface area contributed by atoms with Crippen LogP contribution in [0.25, 0.3) is 27.7 Å². The number of nitrogens with zero attached hydrogens (tertiary/aromatic N) is 1. The molecule has 0 atom stereocenters. The summed E-state index contributed by atoms with van der Waals surface area (Å²) in [5.74, 6) is 0.763. The smallest absolute Gasteiger partial charge is 0.138 e. The van der Waals surface area contributed by atoms with Crippen molar-refractivity contribution in [2.75, 3.05) is 20.2 Å². The van der Waals surface area contributed by atoms with Gasteiger partial charge in [-0.25, -0.2) is 4.98 Å². The molecule has 0 unspecified atom stereocenters. The lowest BCUT2D eigenvalue weighted by atomic mass is 10.0. The van der Waals surface area contributed by atoms with Crippen LogP contribution in [0.5, 0.6) is 5.75 Å². The summed E-state index contributed by atoms with van der Waals surface area (Å²) in [6.45, 7) is 1.92. The summed E-state index contributed by atoms with van der Waals surface area (Å²) in [6.07, 6.45) is 5.08. The van der Waals surface area contributed by atoms with Gasteiger partial charge >= 0.3 is 0 Å². The Morgan fingerprint density at radius 1 is 1.17 bits per heavy atom. The largest absolute Gasteiger partial charge is 0.496 e. The van der Waals surface area contributed by atoms with Crippen molar-refractivity contribution in [2.24, 2.45) is 0 Å². The zero-order chi connectivity index (χ0) is 16.5.